The van der Waals surface area contributed by atoms with Crippen molar-refractivity contribution in [2.24, 2.45) is 0 Å². The van der Waals surface area contributed by atoms with Crippen LogP contribution in [0.15, 0.2) is 11.6 Å². The maximum atomic E-state index is 10.3. The molecule has 0 aliphatic carbocycles. The van der Waals surface area contributed by atoms with Gasteiger partial charge in [-0.05, 0) is 6.42 Å². The van der Waals surface area contributed by atoms with Crippen LogP contribution in [-0.4, -0.2) is 34.4 Å². The molecule has 0 unspecified atom stereocenters. The number of hydrogen-bond donors (Lipinski definition) is 2. The molecule has 10 heavy (non-hydrogen) atoms. The smallest absolute Gasteiger partial charge is 0.331 e. The van der Waals surface area contributed by atoms with Crippen LogP contribution in [0.25, 0.3) is 0 Å². The van der Waals surface area contributed by atoms with Crippen molar-refractivity contribution in [3.63, 3.8) is 0 Å². The molecule has 0 bridgehead atoms. The molecule has 2 N–H and O–H groups in total. The summed E-state index contributed by atoms with van der Waals surface area (Å²) in [5.74, 6) is -0.881. The topological polar surface area (TPSA) is 60.8 Å². The van der Waals surface area contributed by atoms with Gasteiger partial charge in [-0.3, -0.25) is 0 Å². The summed E-state index contributed by atoms with van der Waals surface area (Å²) < 4.78 is 0. The summed E-state index contributed by atoms with van der Waals surface area (Å²) in [5, 5.41) is 18.4. The second-order valence-corrected chi connectivity index (χ2v) is 2.20. The summed E-state index contributed by atoms with van der Waals surface area (Å²) in [7, 11) is 0. The molecule has 0 saturated carbocycles. The Morgan fingerprint density at radius 2 is 2.40 bits per heavy atom. The van der Waals surface area contributed by atoms with Crippen molar-refractivity contribution in [2.75, 3.05) is 13.1 Å². The molecule has 1 aliphatic rings. The van der Waals surface area contributed by atoms with Gasteiger partial charge < -0.3 is 10.3 Å². The van der Waals surface area contributed by atoms with Crippen LogP contribution in [0.5, 0.6) is 0 Å². The number of hydrogen-bond acceptors (Lipinski definition) is 3. The first-order valence-electron chi connectivity index (χ1n) is 3.06. The van der Waals surface area contributed by atoms with Gasteiger partial charge in [0.15, 0.2) is 0 Å². The third-order valence-electron chi connectivity index (χ3n) is 1.46. The molecule has 1 heterocycles. The van der Waals surface area contributed by atoms with Crippen molar-refractivity contribution >= 4 is 5.97 Å². The van der Waals surface area contributed by atoms with Gasteiger partial charge in [-0.15, -0.1) is 0 Å². The minimum Gasteiger partial charge on any atom is -0.478 e. The van der Waals surface area contributed by atoms with Crippen LogP contribution >= 0.6 is 0 Å². The summed E-state index contributed by atoms with van der Waals surface area (Å²) >= 11 is 0. The van der Waals surface area contributed by atoms with Gasteiger partial charge in [0.1, 0.15) is 0 Å². The maximum Gasteiger partial charge on any atom is 0.331 e. The van der Waals surface area contributed by atoms with Gasteiger partial charge in [0.25, 0.3) is 0 Å². The van der Waals surface area contributed by atoms with Crippen LogP contribution in [0.2, 0.25) is 0 Å². The molecule has 0 aromatic rings. The Balaban J connectivity index is 2.56. The van der Waals surface area contributed by atoms with Crippen molar-refractivity contribution in [3.8, 4) is 0 Å². The third kappa shape index (κ3) is 1.55. The monoisotopic (exact) mass is 143 g/mol. The molecule has 56 valence electrons. The van der Waals surface area contributed by atoms with Crippen LogP contribution in [0.1, 0.15) is 6.42 Å². The zero-order valence-corrected chi connectivity index (χ0v) is 5.45. The summed E-state index contributed by atoms with van der Waals surface area (Å²) in [4.78, 5) is 10.3. The summed E-state index contributed by atoms with van der Waals surface area (Å²) in [6, 6.07) is 0. The fourth-order valence-corrected chi connectivity index (χ4v) is 0.853. The molecular weight excluding hydrogens is 134 g/mol. The molecule has 4 heteroatoms. The summed E-state index contributed by atoms with van der Waals surface area (Å²) in [6.45, 7) is 0.736. The molecule has 0 amide bonds. The second-order valence-electron chi connectivity index (χ2n) is 2.20. The molecule has 0 spiro atoms. The molecule has 4 nitrogen and oxygen atoms in total. The maximum absolute atomic E-state index is 10.3. The molecule has 0 radical (unpaired) electrons. The van der Waals surface area contributed by atoms with Crippen molar-refractivity contribution in [3.05, 3.63) is 11.6 Å². The van der Waals surface area contributed by atoms with E-state index in [-0.39, 0.29) is 0 Å². The van der Waals surface area contributed by atoms with E-state index in [2.05, 4.69) is 0 Å². The predicted octanol–water partition coefficient (Wildman–Crippen LogP) is 0.0923. The molecule has 0 aromatic heterocycles. The van der Waals surface area contributed by atoms with Crippen molar-refractivity contribution in [1.82, 2.24) is 5.06 Å². The summed E-state index contributed by atoms with van der Waals surface area (Å²) in [5.41, 5.74) is 0.394. The fourth-order valence-electron chi connectivity index (χ4n) is 0.853. The highest BCUT2D eigenvalue weighted by atomic mass is 16.5. The molecule has 0 saturated heterocycles. The van der Waals surface area contributed by atoms with Gasteiger partial charge in [0.05, 0.1) is 0 Å². The van der Waals surface area contributed by atoms with E-state index >= 15 is 0 Å². The quantitative estimate of drug-likeness (QED) is 0.546. The van der Waals surface area contributed by atoms with Crippen LogP contribution in [0.4, 0.5) is 0 Å². The Morgan fingerprint density at radius 1 is 1.70 bits per heavy atom. The van der Waals surface area contributed by atoms with Crippen LogP contribution < -0.4 is 0 Å². The third-order valence-corrected chi connectivity index (χ3v) is 1.46. The molecule has 0 fully saturated rings. The van der Waals surface area contributed by atoms with Crippen LogP contribution in [0, 0.1) is 0 Å². The van der Waals surface area contributed by atoms with E-state index in [1.54, 1.807) is 0 Å². The average molecular weight is 143 g/mol. The molecular formula is C6H9NO3. The van der Waals surface area contributed by atoms with E-state index in [0.29, 0.717) is 25.1 Å². The number of carboxylic acid groups (broad SMARTS) is 1. The Labute approximate surface area is 58.3 Å². The van der Waals surface area contributed by atoms with E-state index in [4.69, 9.17) is 10.3 Å². The Bertz CT molecular complexity index is 176. The van der Waals surface area contributed by atoms with E-state index in [9.17, 15) is 4.79 Å². The van der Waals surface area contributed by atoms with Crippen molar-refractivity contribution < 1.29 is 15.1 Å². The summed E-state index contributed by atoms with van der Waals surface area (Å²) in [6.07, 6.45) is 1.94. The number of carbonyl (C=O) groups is 1. The molecule has 0 atom stereocenters. The fraction of sp³-hybridized carbons (Fsp3) is 0.500. The molecule has 1 aliphatic heterocycles. The lowest BCUT2D eigenvalue weighted by atomic mass is 10.1. The minimum absolute atomic E-state index is 0.321. The Kier molecular flexibility index (Phi) is 2.03. The van der Waals surface area contributed by atoms with Crippen molar-refractivity contribution in [2.45, 2.75) is 6.42 Å². The number of hydroxylamine groups is 2. The van der Waals surface area contributed by atoms with E-state index in [1.807, 2.05) is 0 Å². The Morgan fingerprint density at radius 3 is 2.80 bits per heavy atom. The number of rotatable bonds is 1. The molecule has 1 rings (SSSR count). The van der Waals surface area contributed by atoms with Gasteiger partial charge in [0, 0.05) is 18.7 Å². The highest BCUT2D eigenvalue weighted by Gasteiger charge is 2.13. The van der Waals surface area contributed by atoms with E-state index in [0.717, 1.165) is 5.06 Å². The van der Waals surface area contributed by atoms with E-state index < -0.39 is 5.97 Å². The first kappa shape index (κ1) is 7.24. The van der Waals surface area contributed by atoms with Gasteiger partial charge >= 0.3 is 5.97 Å². The van der Waals surface area contributed by atoms with Gasteiger partial charge in [-0.1, -0.05) is 6.08 Å². The average Bonchev–Trinajstić information content (AvgIpc) is 1.88. The Hall–Kier alpha value is -0.870. The largest absolute Gasteiger partial charge is 0.478 e. The van der Waals surface area contributed by atoms with Crippen molar-refractivity contribution in [1.29, 1.82) is 0 Å². The molecule has 0 aromatic carbocycles. The van der Waals surface area contributed by atoms with Gasteiger partial charge in [0.2, 0.25) is 0 Å². The lowest BCUT2D eigenvalue weighted by Crippen LogP contribution is -2.26. The number of carboxylic acids is 1. The first-order valence-corrected chi connectivity index (χ1v) is 3.06. The highest BCUT2D eigenvalue weighted by Crippen LogP contribution is 2.07. The van der Waals surface area contributed by atoms with Crippen LogP contribution in [0.3, 0.4) is 0 Å². The zero-order valence-electron chi connectivity index (χ0n) is 5.45. The SMILES string of the molecule is O=C(O)C1=CCN(O)CC1. The van der Waals surface area contributed by atoms with Crippen LogP contribution in [-0.2, 0) is 4.79 Å². The lowest BCUT2D eigenvalue weighted by Gasteiger charge is -2.17. The zero-order chi connectivity index (χ0) is 7.56. The highest BCUT2D eigenvalue weighted by molar-refractivity contribution is 5.86. The van der Waals surface area contributed by atoms with Gasteiger partial charge in [-0.25, -0.2) is 4.79 Å². The second kappa shape index (κ2) is 2.81. The predicted molar refractivity (Wildman–Crippen MR) is 33.7 cm³/mol. The standard InChI is InChI=1S/C6H9NO3/c8-6(9)5-1-3-7(10)4-2-5/h1,10H,2-4H2,(H,8,9). The van der Waals surface area contributed by atoms with Gasteiger partial charge in [-0.2, -0.15) is 5.06 Å². The van der Waals surface area contributed by atoms with E-state index in [1.165, 1.54) is 6.08 Å². The normalized spacial score (nSPS) is 20.3. The lowest BCUT2D eigenvalue weighted by molar-refractivity contribution is -0.134. The number of aliphatic carboxylic acids is 1. The first-order chi connectivity index (χ1) is 4.70. The minimum atomic E-state index is -0.881. The number of nitrogens with zero attached hydrogens (tertiary/aromatic N) is 1.